The van der Waals surface area contributed by atoms with E-state index in [2.05, 4.69) is 38.9 Å². The molecule has 3 aromatic rings. The lowest BCUT2D eigenvalue weighted by atomic mass is 10.1. The van der Waals surface area contributed by atoms with Crippen LogP contribution in [0.3, 0.4) is 0 Å². The van der Waals surface area contributed by atoms with Crippen molar-refractivity contribution in [2.75, 3.05) is 6.54 Å². The molecule has 0 saturated heterocycles. The van der Waals surface area contributed by atoms with E-state index in [1.807, 2.05) is 11.6 Å². The van der Waals surface area contributed by atoms with Crippen molar-refractivity contribution in [2.24, 2.45) is 5.41 Å². The fourth-order valence-electron chi connectivity index (χ4n) is 2.97. The summed E-state index contributed by atoms with van der Waals surface area (Å²) >= 11 is 0. The molecule has 3 aromatic heterocycles. The Balaban J connectivity index is 1.42. The first-order chi connectivity index (χ1) is 11.5. The highest BCUT2D eigenvalue weighted by Crippen LogP contribution is 2.46. The maximum atomic E-state index is 12.4. The van der Waals surface area contributed by atoms with Crippen molar-refractivity contribution in [3.63, 3.8) is 0 Å². The van der Waals surface area contributed by atoms with Crippen LogP contribution >= 0.6 is 0 Å². The third-order valence-corrected chi connectivity index (χ3v) is 4.63. The number of aromatic nitrogens is 6. The summed E-state index contributed by atoms with van der Waals surface area (Å²) in [7, 11) is 0. The smallest absolute Gasteiger partial charge is 0.251 e. The van der Waals surface area contributed by atoms with Gasteiger partial charge in [0.15, 0.2) is 5.65 Å². The van der Waals surface area contributed by atoms with Crippen LogP contribution in [0.2, 0.25) is 0 Å². The van der Waals surface area contributed by atoms with Crippen molar-refractivity contribution in [3.8, 4) is 0 Å². The van der Waals surface area contributed by atoms with Crippen LogP contribution in [-0.4, -0.2) is 42.3 Å². The van der Waals surface area contributed by atoms with Crippen molar-refractivity contribution in [1.82, 2.24) is 35.1 Å². The van der Waals surface area contributed by atoms with Gasteiger partial charge in [0, 0.05) is 36.0 Å². The van der Waals surface area contributed by atoms with Crippen molar-refractivity contribution in [1.29, 1.82) is 0 Å². The van der Waals surface area contributed by atoms with Crippen LogP contribution in [-0.2, 0) is 6.54 Å². The van der Waals surface area contributed by atoms with Gasteiger partial charge in [-0.15, -0.1) is 5.10 Å². The second-order valence-electron chi connectivity index (χ2n) is 6.66. The summed E-state index contributed by atoms with van der Waals surface area (Å²) in [6, 6.07) is 5.49. The second kappa shape index (κ2) is 5.40. The SMILES string of the molecule is Cc1cc(C)n(CC2(CNC(=O)c3ccn4nnnc4c3)CC2)n1. The molecule has 0 radical (unpaired) electrons. The third kappa shape index (κ3) is 2.75. The van der Waals surface area contributed by atoms with Gasteiger partial charge < -0.3 is 5.32 Å². The summed E-state index contributed by atoms with van der Waals surface area (Å²) in [4.78, 5) is 12.4. The minimum Gasteiger partial charge on any atom is -0.351 e. The molecule has 4 rings (SSSR count). The number of pyridine rings is 1. The van der Waals surface area contributed by atoms with Gasteiger partial charge in [-0.1, -0.05) is 0 Å². The fourth-order valence-corrected chi connectivity index (χ4v) is 2.97. The van der Waals surface area contributed by atoms with Gasteiger partial charge >= 0.3 is 0 Å². The monoisotopic (exact) mass is 325 g/mol. The van der Waals surface area contributed by atoms with Gasteiger partial charge in [0.05, 0.1) is 5.69 Å². The lowest BCUT2D eigenvalue weighted by molar-refractivity contribution is 0.0942. The number of tetrazole rings is 1. The zero-order valence-corrected chi connectivity index (χ0v) is 13.7. The highest BCUT2D eigenvalue weighted by atomic mass is 16.1. The van der Waals surface area contributed by atoms with E-state index in [0.29, 0.717) is 17.8 Å². The molecule has 3 heterocycles. The zero-order valence-electron chi connectivity index (χ0n) is 13.7. The minimum atomic E-state index is -0.0971. The van der Waals surface area contributed by atoms with Crippen LogP contribution in [0.4, 0.5) is 0 Å². The van der Waals surface area contributed by atoms with Gasteiger partial charge in [-0.3, -0.25) is 9.48 Å². The normalized spacial score (nSPS) is 15.6. The van der Waals surface area contributed by atoms with Crippen molar-refractivity contribution >= 4 is 11.6 Å². The molecule has 0 atom stereocenters. The van der Waals surface area contributed by atoms with E-state index >= 15 is 0 Å². The number of carbonyl (C=O) groups is 1. The summed E-state index contributed by atoms with van der Waals surface area (Å²) in [5, 5.41) is 18.8. The van der Waals surface area contributed by atoms with Crippen molar-refractivity contribution in [3.05, 3.63) is 41.3 Å². The van der Waals surface area contributed by atoms with Crippen LogP contribution in [0.15, 0.2) is 24.4 Å². The predicted octanol–water partition coefficient (Wildman–Crippen LogP) is 1.15. The van der Waals surface area contributed by atoms with Crippen molar-refractivity contribution < 1.29 is 4.79 Å². The maximum Gasteiger partial charge on any atom is 0.251 e. The van der Waals surface area contributed by atoms with E-state index in [9.17, 15) is 4.79 Å². The standard InChI is InChI=1S/C16H19N7O/c1-11-7-12(2)23(19-11)10-16(4-5-16)9-17-15(24)13-3-6-22-14(8-13)18-20-21-22/h3,6-8H,4-5,9-10H2,1-2H3,(H,17,24). The maximum absolute atomic E-state index is 12.4. The van der Waals surface area contributed by atoms with Crippen LogP contribution in [0.5, 0.6) is 0 Å². The van der Waals surface area contributed by atoms with Gasteiger partial charge in [-0.2, -0.15) is 5.10 Å². The molecule has 1 aliphatic carbocycles. The number of carbonyl (C=O) groups excluding carboxylic acids is 1. The Morgan fingerprint density at radius 2 is 2.17 bits per heavy atom. The highest BCUT2D eigenvalue weighted by Gasteiger charge is 2.43. The van der Waals surface area contributed by atoms with Crippen LogP contribution in [0.25, 0.3) is 5.65 Å². The summed E-state index contributed by atoms with van der Waals surface area (Å²) in [5.41, 5.74) is 3.45. The van der Waals surface area contributed by atoms with E-state index in [0.717, 1.165) is 30.8 Å². The third-order valence-electron chi connectivity index (χ3n) is 4.63. The lowest BCUT2D eigenvalue weighted by Crippen LogP contribution is -2.32. The molecule has 0 aromatic carbocycles. The molecule has 1 aliphatic rings. The van der Waals surface area contributed by atoms with Gasteiger partial charge in [-0.25, -0.2) is 4.52 Å². The topological polar surface area (TPSA) is 90.0 Å². The van der Waals surface area contributed by atoms with Gasteiger partial charge in [0.1, 0.15) is 0 Å². The quantitative estimate of drug-likeness (QED) is 0.760. The number of nitrogens with one attached hydrogen (secondary N) is 1. The molecule has 1 N–H and O–H groups in total. The Labute approximate surface area is 138 Å². The minimum absolute atomic E-state index is 0.0971. The van der Waals surface area contributed by atoms with Crippen LogP contribution in [0.1, 0.15) is 34.6 Å². The first-order valence-corrected chi connectivity index (χ1v) is 8.02. The second-order valence-corrected chi connectivity index (χ2v) is 6.66. The van der Waals surface area contributed by atoms with Crippen LogP contribution in [0, 0.1) is 19.3 Å². The Morgan fingerprint density at radius 3 is 2.88 bits per heavy atom. The first-order valence-electron chi connectivity index (χ1n) is 8.02. The number of rotatable bonds is 5. The molecule has 8 nitrogen and oxygen atoms in total. The summed E-state index contributed by atoms with van der Waals surface area (Å²) in [5.74, 6) is -0.0971. The number of hydrogen-bond donors (Lipinski definition) is 1. The van der Waals surface area contributed by atoms with E-state index in [4.69, 9.17) is 0 Å². The Morgan fingerprint density at radius 1 is 1.33 bits per heavy atom. The summed E-state index contributed by atoms with van der Waals surface area (Å²) in [6.07, 6.45) is 3.91. The van der Waals surface area contributed by atoms with Gasteiger partial charge in [-0.05, 0) is 55.3 Å². The average Bonchev–Trinajstić information content (AvgIpc) is 3.02. The van der Waals surface area contributed by atoms with E-state index in [1.54, 1.807) is 18.3 Å². The molecule has 1 amide bonds. The van der Waals surface area contributed by atoms with Gasteiger partial charge in [0.2, 0.25) is 0 Å². The number of hydrogen-bond acceptors (Lipinski definition) is 5. The molecule has 124 valence electrons. The largest absolute Gasteiger partial charge is 0.351 e. The predicted molar refractivity (Wildman–Crippen MR) is 86.5 cm³/mol. The molecule has 0 unspecified atom stereocenters. The zero-order chi connectivity index (χ0) is 16.7. The Kier molecular flexibility index (Phi) is 3.33. The molecule has 0 spiro atoms. The van der Waals surface area contributed by atoms with E-state index in [1.165, 1.54) is 4.52 Å². The average molecular weight is 325 g/mol. The summed E-state index contributed by atoms with van der Waals surface area (Å²) < 4.78 is 3.57. The van der Waals surface area contributed by atoms with Crippen LogP contribution < -0.4 is 5.32 Å². The molecule has 8 heteroatoms. The molecule has 24 heavy (non-hydrogen) atoms. The fraction of sp³-hybridized carbons (Fsp3) is 0.438. The molecule has 0 bridgehead atoms. The molecule has 1 fully saturated rings. The first kappa shape index (κ1) is 14.8. The molecule has 1 saturated carbocycles. The highest BCUT2D eigenvalue weighted by molar-refractivity contribution is 5.95. The Bertz CT molecular complexity index is 906. The number of amides is 1. The van der Waals surface area contributed by atoms with E-state index in [-0.39, 0.29) is 11.3 Å². The Hall–Kier alpha value is -2.77. The molecule has 0 aliphatic heterocycles. The number of fused-ring (bicyclic) bond motifs is 1. The number of nitrogens with zero attached hydrogens (tertiary/aromatic N) is 6. The molecular weight excluding hydrogens is 306 g/mol. The number of aryl methyl sites for hydroxylation is 2. The van der Waals surface area contributed by atoms with Gasteiger partial charge in [0.25, 0.3) is 5.91 Å². The molecular formula is C16H19N7O. The van der Waals surface area contributed by atoms with Crippen molar-refractivity contribution in [2.45, 2.75) is 33.2 Å². The lowest BCUT2D eigenvalue weighted by Gasteiger charge is -2.17. The van der Waals surface area contributed by atoms with E-state index < -0.39 is 0 Å². The summed E-state index contributed by atoms with van der Waals surface area (Å²) in [6.45, 7) is 5.57.